The summed E-state index contributed by atoms with van der Waals surface area (Å²) >= 11 is 0. The molecule has 5 nitrogen and oxygen atoms in total. The van der Waals surface area contributed by atoms with Crippen LogP contribution in [0.5, 0.6) is 0 Å². The molecule has 0 bridgehead atoms. The van der Waals surface area contributed by atoms with Crippen LogP contribution in [-0.4, -0.2) is 50.4 Å². The van der Waals surface area contributed by atoms with E-state index in [-0.39, 0.29) is 17.6 Å². The van der Waals surface area contributed by atoms with Gasteiger partial charge in [-0.3, -0.25) is 9.59 Å². The monoisotopic (exact) mass is 371 g/mol. The number of halogens is 1. The van der Waals surface area contributed by atoms with Crippen molar-refractivity contribution in [2.24, 2.45) is 0 Å². The second-order valence-corrected chi connectivity index (χ2v) is 6.59. The van der Waals surface area contributed by atoms with Crippen LogP contribution in [-0.2, 0) is 6.42 Å². The number of hydrogen-bond acceptors (Lipinski definition) is 3. The summed E-state index contributed by atoms with van der Waals surface area (Å²) in [5.74, 6) is -0.669. The molecule has 0 radical (unpaired) electrons. The first-order valence-corrected chi connectivity index (χ1v) is 9.02. The minimum atomic E-state index is -0.271. The standard InChI is InChI=1S/C21H26FN3O2/c1-25(2)15-5-13-23-20(26)17-8-10-18(11-9-17)21(27)24-14-12-16-6-3-4-7-19(16)22/h3-4,6-11H,5,12-15H2,1-2H3,(H,23,26)(H,24,27). The van der Waals surface area contributed by atoms with E-state index in [2.05, 4.69) is 15.5 Å². The first-order chi connectivity index (χ1) is 13.0. The van der Waals surface area contributed by atoms with Gasteiger partial charge in [0.2, 0.25) is 0 Å². The van der Waals surface area contributed by atoms with E-state index in [4.69, 9.17) is 0 Å². The molecule has 0 aliphatic heterocycles. The van der Waals surface area contributed by atoms with E-state index < -0.39 is 0 Å². The summed E-state index contributed by atoms with van der Waals surface area (Å²) < 4.78 is 13.6. The molecule has 0 fully saturated rings. The van der Waals surface area contributed by atoms with Crippen molar-refractivity contribution in [3.05, 3.63) is 71.0 Å². The number of rotatable bonds is 9. The van der Waals surface area contributed by atoms with E-state index in [9.17, 15) is 14.0 Å². The second kappa shape index (κ2) is 10.4. The Kier molecular flexibility index (Phi) is 7.95. The van der Waals surface area contributed by atoms with E-state index in [0.717, 1.165) is 13.0 Å². The maximum atomic E-state index is 13.6. The third-order valence-electron chi connectivity index (χ3n) is 4.11. The van der Waals surface area contributed by atoms with Crippen molar-refractivity contribution in [3.8, 4) is 0 Å². The average molecular weight is 371 g/mol. The summed E-state index contributed by atoms with van der Waals surface area (Å²) in [6.07, 6.45) is 1.30. The number of nitrogens with one attached hydrogen (secondary N) is 2. The molecule has 0 spiro atoms. The van der Waals surface area contributed by atoms with Crippen LogP contribution in [0, 0.1) is 5.82 Å². The van der Waals surface area contributed by atoms with Crippen molar-refractivity contribution < 1.29 is 14.0 Å². The minimum Gasteiger partial charge on any atom is -0.352 e. The highest BCUT2D eigenvalue weighted by Gasteiger charge is 2.09. The highest BCUT2D eigenvalue weighted by atomic mass is 19.1. The normalized spacial score (nSPS) is 10.7. The molecule has 6 heteroatoms. The lowest BCUT2D eigenvalue weighted by Gasteiger charge is -2.10. The Labute approximate surface area is 159 Å². The highest BCUT2D eigenvalue weighted by molar-refractivity contribution is 5.97. The van der Waals surface area contributed by atoms with Crippen LogP contribution in [0.3, 0.4) is 0 Å². The fourth-order valence-corrected chi connectivity index (χ4v) is 2.59. The van der Waals surface area contributed by atoms with Gasteiger partial charge in [0.05, 0.1) is 0 Å². The number of hydrogen-bond donors (Lipinski definition) is 2. The zero-order valence-electron chi connectivity index (χ0n) is 15.8. The summed E-state index contributed by atoms with van der Waals surface area (Å²) in [5.41, 5.74) is 1.55. The molecular formula is C21H26FN3O2. The summed E-state index contributed by atoms with van der Waals surface area (Å²) in [4.78, 5) is 26.3. The van der Waals surface area contributed by atoms with Crippen LogP contribution < -0.4 is 10.6 Å². The van der Waals surface area contributed by atoms with Crippen molar-refractivity contribution in [3.63, 3.8) is 0 Å². The van der Waals surface area contributed by atoms with E-state index >= 15 is 0 Å². The van der Waals surface area contributed by atoms with E-state index in [0.29, 0.717) is 36.2 Å². The van der Waals surface area contributed by atoms with Crippen molar-refractivity contribution in [2.45, 2.75) is 12.8 Å². The predicted octanol–water partition coefficient (Wildman–Crippen LogP) is 2.48. The molecule has 0 heterocycles. The van der Waals surface area contributed by atoms with Gasteiger partial charge in [-0.05, 0) is 69.4 Å². The lowest BCUT2D eigenvalue weighted by atomic mass is 10.1. The molecular weight excluding hydrogens is 345 g/mol. The van der Waals surface area contributed by atoms with Gasteiger partial charge in [-0.2, -0.15) is 0 Å². The van der Waals surface area contributed by atoms with Gasteiger partial charge in [0, 0.05) is 24.2 Å². The van der Waals surface area contributed by atoms with Crippen molar-refractivity contribution in [1.29, 1.82) is 0 Å². The number of nitrogens with zero attached hydrogens (tertiary/aromatic N) is 1. The lowest BCUT2D eigenvalue weighted by molar-refractivity contribution is 0.0941. The first kappa shape index (κ1) is 20.6. The van der Waals surface area contributed by atoms with Gasteiger partial charge in [-0.25, -0.2) is 4.39 Å². The fourth-order valence-electron chi connectivity index (χ4n) is 2.59. The molecule has 0 unspecified atom stereocenters. The van der Waals surface area contributed by atoms with Crippen molar-refractivity contribution in [2.75, 3.05) is 33.7 Å². The van der Waals surface area contributed by atoms with Crippen LogP contribution in [0.2, 0.25) is 0 Å². The topological polar surface area (TPSA) is 61.4 Å². The Morgan fingerprint density at radius 1 is 0.889 bits per heavy atom. The van der Waals surface area contributed by atoms with Gasteiger partial charge in [-0.15, -0.1) is 0 Å². The van der Waals surface area contributed by atoms with Crippen LogP contribution in [0.1, 0.15) is 32.7 Å². The molecule has 0 aromatic heterocycles. The quantitative estimate of drug-likeness (QED) is 0.666. The van der Waals surface area contributed by atoms with Crippen LogP contribution in [0.4, 0.5) is 4.39 Å². The number of amides is 2. The zero-order chi connectivity index (χ0) is 19.6. The fraction of sp³-hybridized carbons (Fsp3) is 0.333. The first-order valence-electron chi connectivity index (χ1n) is 9.02. The molecule has 2 amide bonds. The van der Waals surface area contributed by atoms with Gasteiger partial charge in [0.15, 0.2) is 0 Å². The molecule has 0 saturated carbocycles. The van der Waals surface area contributed by atoms with E-state index in [1.165, 1.54) is 6.07 Å². The maximum absolute atomic E-state index is 13.6. The maximum Gasteiger partial charge on any atom is 0.251 e. The molecule has 2 N–H and O–H groups in total. The summed E-state index contributed by atoms with van der Waals surface area (Å²) in [7, 11) is 3.98. The highest BCUT2D eigenvalue weighted by Crippen LogP contribution is 2.07. The van der Waals surface area contributed by atoms with Crippen LogP contribution >= 0.6 is 0 Å². The minimum absolute atomic E-state index is 0.153. The summed E-state index contributed by atoms with van der Waals surface area (Å²) in [6.45, 7) is 1.86. The Balaban J connectivity index is 1.79. The number of benzene rings is 2. The van der Waals surface area contributed by atoms with Gasteiger partial charge in [0.1, 0.15) is 5.82 Å². The second-order valence-electron chi connectivity index (χ2n) is 6.59. The van der Waals surface area contributed by atoms with Gasteiger partial charge < -0.3 is 15.5 Å². The third kappa shape index (κ3) is 6.83. The SMILES string of the molecule is CN(C)CCCNC(=O)c1ccc(C(=O)NCCc2ccccc2F)cc1. The average Bonchev–Trinajstić information content (AvgIpc) is 2.66. The van der Waals surface area contributed by atoms with Crippen molar-refractivity contribution >= 4 is 11.8 Å². The molecule has 27 heavy (non-hydrogen) atoms. The molecule has 2 aromatic rings. The van der Waals surface area contributed by atoms with Crippen LogP contribution in [0.25, 0.3) is 0 Å². The molecule has 2 rings (SSSR count). The predicted molar refractivity (Wildman–Crippen MR) is 104 cm³/mol. The van der Waals surface area contributed by atoms with E-state index in [1.807, 2.05) is 14.1 Å². The van der Waals surface area contributed by atoms with Gasteiger partial charge in [0.25, 0.3) is 11.8 Å². The Morgan fingerprint density at radius 2 is 1.44 bits per heavy atom. The Bertz CT molecular complexity index is 760. The van der Waals surface area contributed by atoms with Crippen molar-refractivity contribution in [1.82, 2.24) is 15.5 Å². The van der Waals surface area contributed by atoms with Gasteiger partial charge in [-0.1, -0.05) is 18.2 Å². The lowest BCUT2D eigenvalue weighted by Crippen LogP contribution is -2.28. The third-order valence-corrected chi connectivity index (χ3v) is 4.11. The molecule has 144 valence electrons. The molecule has 0 aliphatic rings. The molecule has 0 atom stereocenters. The summed E-state index contributed by atoms with van der Waals surface area (Å²) in [5, 5.41) is 5.62. The van der Waals surface area contributed by atoms with Gasteiger partial charge >= 0.3 is 0 Å². The molecule has 0 saturated heterocycles. The number of carbonyl (C=O) groups excluding carboxylic acids is 2. The van der Waals surface area contributed by atoms with E-state index in [1.54, 1.807) is 42.5 Å². The Hall–Kier alpha value is -2.73. The molecule has 0 aliphatic carbocycles. The van der Waals surface area contributed by atoms with Crippen LogP contribution in [0.15, 0.2) is 48.5 Å². The smallest absolute Gasteiger partial charge is 0.251 e. The largest absolute Gasteiger partial charge is 0.352 e. The number of carbonyl (C=O) groups is 2. The zero-order valence-corrected chi connectivity index (χ0v) is 15.8. The molecule has 2 aromatic carbocycles. The summed E-state index contributed by atoms with van der Waals surface area (Å²) in [6, 6.07) is 13.0. The Morgan fingerprint density at radius 3 is 2.00 bits per heavy atom.